The highest BCUT2D eigenvalue weighted by Crippen LogP contribution is 2.32. The number of benzene rings is 1. The van der Waals surface area contributed by atoms with Crippen molar-refractivity contribution >= 4 is 22.2 Å². The Labute approximate surface area is 135 Å². The summed E-state index contributed by atoms with van der Waals surface area (Å²) in [5.74, 6) is 1.51. The van der Waals surface area contributed by atoms with Crippen molar-refractivity contribution < 1.29 is 9.47 Å². The summed E-state index contributed by atoms with van der Waals surface area (Å²) in [6, 6.07) is 5.84. The molecule has 0 aliphatic carbocycles. The van der Waals surface area contributed by atoms with Crippen LogP contribution in [0.4, 0.5) is 10.8 Å². The molecule has 2 aromatic rings. The third kappa shape index (κ3) is 4.61. The Morgan fingerprint density at radius 3 is 2.59 bits per heavy atom. The van der Waals surface area contributed by atoms with Crippen LogP contribution < -0.4 is 20.1 Å². The number of ether oxygens (including phenoxy) is 2. The molecule has 0 fully saturated rings. The first-order valence-corrected chi connectivity index (χ1v) is 8.46. The molecule has 0 amide bonds. The van der Waals surface area contributed by atoms with Gasteiger partial charge in [0.25, 0.3) is 0 Å². The van der Waals surface area contributed by atoms with Crippen LogP contribution in [0.3, 0.4) is 0 Å². The van der Waals surface area contributed by atoms with Gasteiger partial charge in [-0.2, -0.15) is 0 Å². The van der Waals surface area contributed by atoms with Crippen molar-refractivity contribution in [2.45, 2.75) is 27.3 Å². The van der Waals surface area contributed by atoms with Crippen molar-refractivity contribution in [2.24, 2.45) is 0 Å². The van der Waals surface area contributed by atoms with Crippen molar-refractivity contribution in [2.75, 3.05) is 25.1 Å². The standard InChI is InChI=1S/C16H23N3O2S/c1-4-17-10-13-11-22-16(19-13)18-12-7-8-14(20-5-2)15(9-12)21-6-3/h7-9,11,17H,4-6,10H2,1-3H3,(H,18,19). The predicted octanol–water partition coefficient (Wildman–Crippen LogP) is 3.79. The van der Waals surface area contributed by atoms with E-state index < -0.39 is 0 Å². The summed E-state index contributed by atoms with van der Waals surface area (Å²) in [6.45, 7) is 8.97. The van der Waals surface area contributed by atoms with E-state index in [2.05, 4.69) is 27.9 Å². The molecule has 0 bridgehead atoms. The zero-order chi connectivity index (χ0) is 15.8. The summed E-state index contributed by atoms with van der Waals surface area (Å²) in [4.78, 5) is 4.55. The van der Waals surface area contributed by atoms with Gasteiger partial charge in [-0.25, -0.2) is 4.98 Å². The molecule has 1 aromatic carbocycles. The molecule has 22 heavy (non-hydrogen) atoms. The fourth-order valence-electron chi connectivity index (χ4n) is 1.95. The third-order valence-corrected chi connectivity index (χ3v) is 3.71. The van der Waals surface area contributed by atoms with Gasteiger partial charge in [-0.3, -0.25) is 0 Å². The Balaban J connectivity index is 2.08. The zero-order valence-electron chi connectivity index (χ0n) is 13.3. The van der Waals surface area contributed by atoms with Crippen LogP contribution in [0, 0.1) is 0 Å². The first-order valence-electron chi connectivity index (χ1n) is 7.58. The van der Waals surface area contributed by atoms with Gasteiger partial charge < -0.3 is 20.1 Å². The molecule has 0 radical (unpaired) electrons. The number of nitrogens with zero attached hydrogens (tertiary/aromatic N) is 1. The van der Waals surface area contributed by atoms with Crippen LogP contribution in [-0.4, -0.2) is 24.7 Å². The van der Waals surface area contributed by atoms with Crippen LogP contribution >= 0.6 is 11.3 Å². The van der Waals surface area contributed by atoms with Crippen LogP contribution in [0.1, 0.15) is 26.5 Å². The number of thiazole rings is 1. The van der Waals surface area contributed by atoms with Crippen LogP contribution in [0.5, 0.6) is 11.5 Å². The van der Waals surface area contributed by atoms with E-state index >= 15 is 0 Å². The third-order valence-electron chi connectivity index (χ3n) is 2.90. The average Bonchev–Trinajstić information content (AvgIpc) is 2.96. The summed E-state index contributed by atoms with van der Waals surface area (Å²) in [6.07, 6.45) is 0. The van der Waals surface area contributed by atoms with Gasteiger partial charge in [-0.1, -0.05) is 6.92 Å². The number of aromatic nitrogens is 1. The number of anilines is 2. The molecule has 0 aliphatic heterocycles. The minimum Gasteiger partial charge on any atom is -0.490 e. The Morgan fingerprint density at radius 1 is 1.09 bits per heavy atom. The SMILES string of the molecule is CCNCc1csc(Nc2ccc(OCC)c(OCC)c2)n1. The van der Waals surface area contributed by atoms with Gasteiger partial charge in [0.2, 0.25) is 0 Å². The topological polar surface area (TPSA) is 55.4 Å². The molecule has 0 aliphatic rings. The van der Waals surface area contributed by atoms with Gasteiger partial charge in [0.05, 0.1) is 18.9 Å². The lowest BCUT2D eigenvalue weighted by atomic mass is 10.2. The Morgan fingerprint density at radius 2 is 1.86 bits per heavy atom. The Hall–Kier alpha value is -1.79. The van der Waals surface area contributed by atoms with Crippen LogP contribution in [0.25, 0.3) is 0 Å². The highest BCUT2D eigenvalue weighted by molar-refractivity contribution is 7.13. The molecule has 120 valence electrons. The molecule has 0 atom stereocenters. The summed E-state index contributed by atoms with van der Waals surface area (Å²) >= 11 is 1.59. The fraction of sp³-hybridized carbons (Fsp3) is 0.438. The van der Waals surface area contributed by atoms with Gasteiger partial charge in [0.15, 0.2) is 16.6 Å². The van der Waals surface area contributed by atoms with E-state index in [-0.39, 0.29) is 0 Å². The second kappa shape index (κ2) is 8.60. The largest absolute Gasteiger partial charge is 0.490 e. The number of hydrogen-bond acceptors (Lipinski definition) is 6. The smallest absolute Gasteiger partial charge is 0.187 e. The Kier molecular flexibility index (Phi) is 6.48. The summed E-state index contributed by atoms with van der Waals surface area (Å²) in [5, 5.41) is 9.51. The molecule has 2 N–H and O–H groups in total. The average molecular weight is 321 g/mol. The Bertz CT molecular complexity index is 587. The summed E-state index contributed by atoms with van der Waals surface area (Å²) < 4.78 is 11.2. The highest BCUT2D eigenvalue weighted by atomic mass is 32.1. The van der Waals surface area contributed by atoms with E-state index in [1.165, 1.54) is 0 Å². The van der Waals surface area contributed by atoms with Crippen molar-refractivity contribution in [1.82, 2.24) is 10.3 Å². The maximum Gasteiger partial charge on any atom is 0.187 e. The molecule has 1 heterocycles. The molecule has 2 rings (SSSR count). The first-order chi connectivity index (χ1) is 10.8. The van der Waals surface area contributed by atoms with Gasteiger partial charge in [0, 0.05) is 23.7 Å². The van der Waals surface area contributed by atoms with Crippen molar-refractivity contribution in [1.29, 1.82) is 0 Å². The molecule has 5 nitrogen and oxygen atoms in total. The monoisotopic (exact) mass is 321 g/mol. The molecule has 1 aromatic heterocycles. The minimum atomic E-state index is 0.605. The fourth-order valence-corrected chi connectivity index (χ4v) is 2.68. The second-order valence-corrected chi connectivity index (χ2v) is 5.43. The molecule has 6 heteroatoms. The van der Waals surface area contributed by atoms with Crippen LogP contribution in [0.2, 0.25) is 0 Å². The molecule has 0 saturated carbocycles. The second-order valence-electron chi connectivity index (χ2n) is 4.58. The molecular weight excluding hydrogens is 298 g/mol. The van der Waals surface area contributed by atoms with E-state index in [9.17, 15) is 0 Å². The maximum absolute atomic E-state index is 5.63. The maximum atomic E-state index is 5.63. The summed E-state index contributed by atoms with van der Waals surface area (Å²) in [5.41, 5.74) is 1.99. The number of hydrogen-bond donors (Lipinski definition) is 2. The van der Waals surface area contributed by atoms with Gasteiger partial charge in [-0.05, 0) is 32.5 Å². The van der Waals surface area contributed by atoms with E-state index in [0.29, 0.717) is 13.2 Å². The lowest BCUT2D eigenvalue weighted by molar-refractivity contribution is 0.288. The molecule has 0 saturated heterocycles. The van der Waals surface area contributed by atoms with E-state index in [1.807, 2.05) is 32.0 Å². The van der Waals surface area contributed by atoms with E-state index in [4.69, 9.17) is 9.47 Å². The first kappa shape index (κ1) is 16.6. The molecule has 0 unspecified atom stereocenters. The quantitative estimate of drug-likeness (QED) is 0.736. The lowest BCUT2D eigenvalue weighted by Gasteiger charge is -2.12. The summed E-state index contributed by atoms with van der Waals surface area (Å²) in [7, 11) is 0. The van der Waals surface area contributed by atoms with Gasteiger partial charge in [-0.15, -0.1) is 11.3 Å². The van der Waals surface area contributed by atoms with Crippen LogP contribution in [0.15, 0.2) is 23.6 Å². The molecule has 0 spiro atoms. The van der Waals surface area contributed by atoms with Gasteiger partial charge >= 0.3 is 0 Å². The zero-order valence-corrected chi connectivity index (χ0v) is 14.1. The van der Waals surface area contributed by atoms with Crippen molar-refractivity contribution in [3.63, 3.8) is 0 Å². The molecular formula is C16H23N3O2S. The van der Waals surface area contributed by atoms with Crippen molar-refractivity contribution in [3.05, 3.63) is 29.3 Å². The number of rotatable bonds is 9. The normalized spacial score (nSPS) is 10.5. The predicted molar refractivity (Wildman–Crippen MR) is 91.6 cm³/mol. The number of nitrogens with one attached hydrogen (secondary N) is 2. The van der Waals surface area contributed by atoms with Gasteiger partial charge in [0.1, 0.15) is 0 Å². The van der Waals surface area contributed by atoms with Crippen LogP contribution in [-0.2, 0) is 6.54 Å². The van der Waals surface area contributed by atoms with Crippen molar-refractivity contribution in [3.8, 4) is 11.5 Å². The highest BCUT2D eigenvalue weighted by Gasteiger charge is 2.08. The lowest BCUT2D eigenvalue weighted by Crippen LogP contribution is -2.11. The minimum absolute atomic E-state index is 0.605. The van der Waals surface area contributed by atoms with E-state index in [0.717, 1.165) is 41.1 Å². The van der Waals surface area contributed by atoms with E-state index in [1.54, 1.807) is 11.3 Å².